The molecule has 1 aliphatic heterocycles. The van der Waals surface area contributed by atoms with Gasteiger partial charge in [0.1, 0.15) is 0 Å². The van der Waals surface area contributed by atoms with Gasteiger partial charge in [-0.2, -0.15) is 23.5 Å². The molecular weight excluding hydrogens is 216 g/mol. The molecule has 2 atom stereocenters. The van der Waals surface area contributed by atoms with E-state index in [1.807, 2.05) is 18.7 Å². The van der Waals surface area contributed by atoms with E-state index in [0.29, 0.717) is 0 Å². The van der Waals surface area contributed by atoms with Gasteiger partial charge in [-0.1, -0.05) is 0 Å². The van der Waals surface area contributed by atoms with Crippen LogP contribution < -0.4 is 10.6 Å². The van der Waals surface area contributed by atoms with E-state index in [9.17, 15) is 4.79 Å². The minimum absolute atomic E-state index is 0.0121. The highest BCUT2D eigenvalue weighted by Gasteiger charge is 2.21. The third-order valence-corrected chi connectivity index (χ3v) is 3.94. The maximum absolute atomic E-state index is 11.7. The predicted molar refractivity (Wildman–Crippen MR) is 65.1 cm³/mol. The van der Waals surface area contributed by atoms with Crippen molar-refractivity contribution in [3.05, 3.63) is 0 Å². The van der Waals surface area contributed by atoms with Crippen molar-refractivity contribution in [2.45, 2.75) is 19.0 Å². The van der Waals surface area contributed by atoms with Crippen molar-refractivity contribution in [1.29, 1.82) is 0 Å². The summed E-state index contributed by atoms with van der Waals surface area (Å²) in [6.07, 6.45) is 2.05. The molecule has 0 aromatic carbocycles. The zero-order valence-electron chi connectivity index (χ0n) is 8.71. The van der Waals surface area contributed by atoms with Gasteiger partial charge in [-0.3, -0.25) is 4.79 Å². The topological polar surface area (TPSA) is 41.1 Å². The summed E-state index contributed by atoms with van der Waals surface area (Å²) in [7, 11) is 0. The van der Waals surface area contributed by atoms with Gasteiger partial charge in [-0.25, -0.2) is 0 Å². The van der Waals surface area contributed by atoms with Crippen molar-refractivity contribution in [3.63, 3.8) is 0 Å². The van der Waals surface area contributed by atoms with Crippen molar-refractivity contribution in [2.24, 2.45) is 0 Å². The van der Waals surface area contributed by atoms with E-state index in [4.69, 9.17) is 0 Å². The lowest BCUT2D eigenvalue weighted by atomic mass is 10.2. The van der Waals surface area contributed by atoms with Crippen LogP contribution in [-0.4, -0.2) is 48.0 Å². The standard InChI is InChI=1S/C9H18N2OS2/c1-7(5-13-2)11-9(12)8-6-14-4-3-10-8/h7-8,10H,3-6H2,1-2H3,(H,11,12). The summed E-state index contributed by atoms with van der Waals surface area (Å²) in [5.41, 5.74) is 0. The van der Waals surface area contributed by atoms with E-state index in [-0.39, 0.29) is 18.0 Å². The predicted octanol–water partition coefficient (Wildman–Crippen LogP) is 0.559. The molecule has 3 nitrogen and oxygen atoms in total. The molecule has 0 radical (unpaired) electrons. The molecule has 0 bridgehead atoms. The van der Waals surface area contributed by atoms with Gasteiger partial charge in [-0.05, 0) is 13.2 Å². The van der Waals surface area contributed by atoms with Crippen LogP contribution in [0.5, 0.6) is 0 Å². The number of hydrogen-bond acceptors (Lipinski definition) is 4. The van der Waals surface area contributed by atoms with Crippen LogP contribution in [0.4, 0.5) is 0 Å². The molecule has 0 spiro atoms. The molecule has 0 aromatic rings. The Morgan fingerprint density at radius 2 is 2.57 bits per heavy atom. The van der Waals surface area contributed by atoms with Gasteiger partial charge in [0.15, 0.2) is 0 Å². The van der Waals surface area contributed by atoms with Gasteiger partial charge in [0.05, 0.1) is 6.04 Å². The quantitative estimate of drug-likeness (QED) is 0.746. The molecule has 0 aromatic heterocycles. The van der Waals surface area contributed by atoms with Crippen molar-refractivity contribution >= 4 is 29.4 Å². The van der Waals surface area contributed by atoms with Crippen LogP contribution in [0.3, 0.4) is 0 Å². The summed E-state index contributed by atoms with van der Waals surface area (Å²) in [6, 6.07) is 0.282. The van der Waals surface area contributed by atoms with Crippen LogP contribution in [0.1, 0.15) is 6.92 Å². The second-order valence-corrected chi connectivity index (χ2v) is 5.51. The Bertz CT molecular complexity index is 184. The molecule has 2 N–H and O–H groups in total. The summed E-state index contributed by atoms with van der Waals surface area (Å²) in [5.74, 6) is 3.15. The van der Waals surface area contributed by atoms with E-state index >= 15 is 0 Å². The lowest BCUT2D eigenvalue weighted by Gasteiger charge is -2.24. The number of hydrogen-bond donors (Lipinski definition) is 2. The average Bonchev–Trinajstić information content (AvgIpc) is 2.19. The molecule has 1 aliphatic rings. The Kier molecular flexibility index (Phi) is 5.74. The monoisotopic (exact) mass is 234 g/mol. The summed E-state index contributed by atoms with van der Waals surface area (Å²) >= 11 is 3.60. The number of nitrogens with one attached hydrogen (secondary N) is 2. The molecule has 0 aliphatic carbocycles. The van der Waals surface area contributed by atoms with Crippen molar-refractivity contribution < 1.29 is 4.79 Å². The highest BCUT2D eigenvalue weighted by molar-refractivity contribution is 7.99. The number of thioether (sulfide) groups is 2. The van der Waals surface area contributed by atoms with Gasteiger partial charge in [-0.15, -0.1) is 0 Å². The Balaban J connectivity index is 2.25. The summed E-state index contributed by atoms with van der Waals surface area (Å²) < 4.78 is 0. The van der Waals surface area contributed by atoms with E-state index in [0.717, 1.165) is 23.8 Å². The third kappa shape index (κ3) is 4.11. The van der Waals surface area contributed by atoms with Gasteiger partial charge < -0.3 is 10.6 Å². The summed E-state index contributed by atoms with van der Waals surface area (Å²) in [6.45, 7) is 2.99. The van der Waals surface area contributed by atoms with Crippen LogP contribution in [0, 0.1) is 0 Å². The lowest BCUT2D eigenvalue weighted by molar-refractivity contribution is -0.123. The maximum Gasteiger partial charge on any atom is 0.238 e. The summed E-state index contributed by atoms with van der Waals surface area (Å²) in [4.78, 5) is 11.7. The fraction of sp³-hybridized carbons (Fsp3) is 0.889. The van der Waals surface area contributed by atoms with Gasteiger partial charge in [0.2, 0.25) is 5.91 Å². The molecule has 1 heterocycles. The molecule has 5 heteroatoms. The van der Waals surface area contributed by atoms with E-state index in [1.165, 1.54) is 0 Å². The van der Waals surface area contributed by atoms with Crippen LogP contribution in [-0.2, 0) is 4.79 Å². The second-order valence-electron chi connectivity index (χ2n) is 3.45. The Morgan fingerprint density at radius 1 is 1.79 bits per heavy atom. The van der Waals surface area contributed by atoms with Crippen LogP contribution in [0.2, 0.25) is 0 Å². The van der Waals surface area contributed by atoms with E-state index < -0.39 is 0 Å². The number of carbonyl (C=O) groups excluding carboxylic acids is 1. The molecule has 82 valence electrons. The first-order valence-electron chi connectivity index (χ1n) is 4.84. The number of rotatable bonds is 4. The fourth-order valence-electron chi connectivity index (χ4n) is 1.37. The van der Waals surface area contributed by atoms with Gasteiger partial charge in [0.25, 0.3) is 0 Å². The van der Waals surface area contributed by atoms with E-state index in [1.54, 1.807) is 11.8 Å². The number of carbonyl (C=O) groups is 1. The molecule has 1 amide bonds. The first-order valence-corrected chi connectivity index (χ1v) is 7.39. The smallest absolute Gasteiger partial charge is 0.238 e. The molecule has 1 saturated heterocycles. The van der Waals surface area contributed by atoms with Crippen molar-refractivity contribution in [3.8, 4) is 0 Å². The minimum Gasteiger partial charge on any atom is -0.351 e. The van der Waals surface area contributed by atoms with Crippen LogP contribution in [0.25, 0.3) is 0 Å². The minimum atomic E-state index is 0.0121. The van der Waals surface area contributed by atoms with Crippen molar-refractivity contribution in [1.82, 2.24) is 10.6 Å². The largest absolute Gasteiger partial charge is 0.351 e. The molecule has 1 rings (SSSR count). The maximum atomic E-state index is 11.7. The zero-order valence-corrected chi connectivity index (χ0v) is 10.3. The first-order chi connectivity index (χ1) is 6.74. The molecule has 14 heavy (non-hydrogen) atoms. The summed E-state index contributed by atoms with van der Waals surface area (Å²) in [5, 5.41) is 6.24. The van der Waals surface area contributed by atoms with Gasteiger partial charge in [0, 0.05) is 29.8 Å². The average molecular weight is 234 g/mol. The molecule has 2 unspecified atom stereocenters. The highest BCUT2D eigenvalue weighted by Crippen LogP contribution is 2.08. The second kappa shape index (κ2) is 6.58. The lowest BCUT2D eigenvalue weighted by Crippen LogP contribution is -2.51. The Labute approximate surface area is 94.2 Å². The fourth-order valence-corrected chi connectivity index (χ4v) is 2.89. The van der Waals surface area contributed by atoms with Crippen molar-refractivity contribution in [2.75, 3.05) is 30.1 Å². The molecule has 1 fully saturated rings. The van der Waals surface area contributed by atoms with E-state index in [2.05, 4.69) is 16.9 Å². The SMILES string of the molecule is CSCC(C)NC(=O)C1CSCCN1. The van der Waals surface area contributed by atoms with Crippen LogP contribution >= 0.6 is 23.5 Å². The van der Waals surface area contributed by atoms with Crippen LogP contribution in [0.15, 0.2) is 0 Å². The molecule has 0 saturated carbocycles. The first kappa shape index (κ1) is 12.2. The Hall–Kier alpha value is 0.130. The number of amides is 1. The zero-order chi connectivity index (χ0) is 10.4. The third-order valence-electron chi connectivity index (χ3n) is 2.04. The Morgan fingerprint density at radius 3 is 3.14 bits per heavy atom. The normalized spacial score (nSPS) is 24.3. The highest BCUT2D eigenvalue weighted by atomic mass is 32.2. The van der Waals surface area contributed by atoms with Gasteiger partial charge >= 0.3 is 0 Å². The molecular formula is C9H18N2OS2.